The average molecular weight is 343 g/mol. The minimum atomic E-state index is -0.348. The van der Waals surface area contributed by atoms with E-state index in [-0.39, 0.29) is 5.97 Å². The summed E-state index contributed by atoms with van der Waals surface area (Å²) in [5.74, 6) is 0.149. The van der Waals surface area contributed by atoms with Crippen molar-refractivity contribution in [2.24, 2.45) is 5.92 Å². The molecule has 126 valence electrons. The number of benzene rings is 1. The number of rotatable bonds is 6. The van der Waals surface area contributed by atoms with Gasteiger partial charge in [0.05, 0.1) is 18.9 Å². The number of esters is 1. The molecule has 2 aromatic rings. The molecule has 0 saturated carbocycles. The summed E-state index contributed by atoms with van der Waals surface area (Å²) < 4.78 is 5.05. The number of aryl methyl sites for hydroxylation is 1. The largest absolute Gasteiger partial charge is 0.462 e. The van der Waals surface area contributed by atoms with Crippen molar-refractivity contribution in [1.29, 1.82) is 0 Å². The Kier molecular flexibility index (Phi) is 5.93. The summed E-state index contributed by atoms with van der Waals surface area (Å²) >= 11 is 1.30. The van der Waals surface area contributed by atoms with Gasteiger partial charge < -0.3 is 10.1 Å². The first-order valence-electron chi connectivity index (χ1n) is 7.86. The first-order chi connectivity index (χ1) is 11.5. The van der Waals surface area contributed by atoms with Gasteiger partial charge in [0.1, 0.15) is 9.88 Å². The third-order valence-electron chi connectivity index (χ3n) is 3.32. The van der Waals surface area contributed by atoms with Crippen LogP contribution in [0.3, 0.4) is 0 Å². The summed E-state index contributed by atoms with van der Waals surface area (Å²) in [5.41, 5.74) is 2.86. The van der Waals surface area contributed by atoms with E-state index in [1.54, 1.807) is 13.8 Å². The van der Waals surface area contributed by atoms with Crippen LogP contribution in [0.1, 0.15) is 36.1 Å². The molecule has 0 radical (unpaired) electrons. The summed E-state index contributed by atoms with van der Waals surface area (Å²) in [7, 11) is 0. The van der Waals surface area contributed by atoms with Crippen molar-refractivity contribution < 1.29 is 9.53 Å². The van der Waals surface area contributed by atoms with Crippen molar-refractivity contribution in [2.45, 2.75) is 27.7 Å². The van der Waals surface area contributed by atoms with Crippen LogP contribution < -0.4 is 5.32 Å². The van der Waals surface area contributed by atoms with Crippen molar-refractivity contribution in [3.05, 3.63) is 40.2 Å². The van der Waals surface area contributed by atoms with Crippen LogP contribution in [0.5, 0.6) is 0 Å². The van der Waals surface area contributed by atoms with Gasteiger partial charge in [0.25, 0.3) is 0 Å². The SMILES string of the molecule is [C-]#[N+]c1cc(-c2nc(C)c(C(=O)OCC)s2)ccc1NCC(C)C. The van der Waals surface area contributed by atoms with Crippen LogP contribution in [0, 0.1) is 19.4 Å². The van der Waals surface area contributed by atoms with Crippen molar-refractivity contribution in [3.8, 4) is 10.6 Å². The average Bonchev–Trinajstić information content (AvgIpc) is 2.94. The summed E-state index contributed by atoms with van der Waals surface area (Å²) in [6, 6.07) is 5.62. The molecule has 0 aliphatic carbocycles. The van der Waals surface area contributed by atoms with E-state index in [9.17, 15) is 4.79 Å². The number of carbonyl (C=O) groups is 1. The van der Waals surface area contributed by atoms with Crippen LogP contribution in [-0.2, 0) is 4.74 Å². The van der Waals surface area contributed by atoms with E-state index in [1.807, 2.05) is 18.2 Å². The fourth-order valence-corrected chi connectivity index (χ4v) is 3.08. The van der Waals surface area contributed by atoms with Crippen molar-refractivity contribution >= 4 is 28.7 Å². The van der Waals surface area contributed by atoms with Crippen LogP contribution >= 0.6 is 11.3 Å². The topological polar surface area (TPSA) is 55.6 Å². The van der Waals surface area contributed by atoms with Gasteiger partial charge >= 0.3 is 5.97 Å². The molecule has 0 amide bonds. The molecule has 0 unspecified atom stereocenters. The summed E-state index contributed by atoms with van der Waals surface area (Å²) in [6.07, 6.45) is 0. The Morgan fingerprint density at radius 1 is 1.46 bits per heavy atom. The van der Waals surface area contributed by atoms with E-state index in [4.69, 9.17) is 11.3 Å². The lowest BCUT2D eigenvalue weighted by molar-refractivity contribution is 0.0531. The van der Waals surface area contributed by atoms with E-state index < -0.39 is 0 Å². The second kappa shape index (κ2) is 7.93. The van der Waals surface area contributed by atoms with E-state index >= 15 is 0 Å². The smallest absolute Gasteiger partial charge is 0.350 e. The molecule has 1 aromatic carbocycles. The molecule has 5 nitrogen and oxygen atoms in total. The number of hydrogen-bond acceptors (Lipinski definition) is 5. The van der Waals surface area contributed by atoms with Crippen molar-refractivity contribution in [1.82, 2.24) is 4.98 Å². The zero-order chi connectivity index (χ0) is 17.7. The minimum absolute atomic E-state index is 0.337. The van der Waals surface area contributed by atoms with Gasteiger partial charge in [-0.3, -0.25) is 0 Å². The summed E-state index contributed by atoms with van der Waals surface area (Å²) in [5, 5.41) is 4.01. The Hall–Kier alpha value is -2.39. The zero-order valence-corrected chi connectivity index (χ0v) is 15.2. The molecule has 1 heterocycles. The standard InChI is InChI=1S/C18H21N3O2S/c1-6-23-18(22)16-12(4)21-17(24-16)13-7-8-14(15(9-13)19-5)20-10-11(2)3/h7-9,11,20H,6,10H2,1-4H3. The van der Waals surface area contributed by atoms with Gasteiger partial charge in [-0.05, 0) is 31.9 Å². The Balaban J connectivity index is 2.31. The monoisotopic (exact) mass is 343 g/mol. The number of anilines is 1. The van der Waals surface area contributed by atoms with Crippen LogP contribution in [0.15, 0.2) is 18.2 Å². The molecular weight excluding hydrogens is 322 g/mol. The number of thiazole rings is 1. The summed E-state index contributed by atoms with van der Waals surface area (Å²) in [4.78, 5) is 20.5. The van der Waals surface area contributed by atoms with Crippen LogP contribution in [0.2, 0.25) is 0 Å². The molecule has 2 rings (SSSR count). The van der Waals surface area contributed by atoms with E-state index in [1.165, 1.54) is 11.3 Å². The highest BCUT2D eigenvalue weighted by atomic mass is 32.1. The zero-order valence-electron chi connectivity index (χ0n) is 14.3. The lowest BCUT2D eigenvalue weighted by atomic mass is 10.1. The summed E-state index contributed by atoms with van der Waals surface area (Å²) in [6.45, 7) is 16.3. The number of nitrogens with zero attached hydrogens (tertiary/aromatic N) is 2. The molecule has 0 bridgehead atoms. The Morgan fingerprint density at radius 2 is 2.21 bits per heavy atom. The van der Waals surface area contributed by atoms with Crippen LogP contribution in [0.4, 0.5) is 11.4 Å². The number of ether oxygens (including phenoxy) is 1. The molecule has 0 spiro atoms. The number of carbonyl (C=O) groups excluding carboxylic acids is 1. The second-order valence-electron chi connectivity index (χ2n) is 5.77. The number of nitrogens with one attached hydrogen (secondary N) is 1. The molecule has 1 N–H and O–H groups in total. The predicted octanol–water partition coefficient (Wildman–Crippen LogP) is 4.91. The molecule has 0 saturated heterocycles. The highest BCUT2D eigenvalue weighted by Crippen LogP contribution is 2.34. The van der Waals surface area contributed by atoms with Crippen molar-refractivity contribution in [2.75, 3.05) is 18.5 Å². The molecule has 0 aliphatic rings. The molecular formula is C18H21N3O2S. The molecule has 24 heavy (non-hydrogen) atoms. The molecule has 0 atom stereocenters. The van der Waals surface area contributed by atoms with Gasteiger partial charge in [-0.1, -0.05) is 19.9 Å². The second-order valence-corrected chi connectivity index (χ2v) is 6.77. The van der Waals surface area contributed by atoms with E-state index in [2.05, 4.69) is 29.0 Å². The fourth-order valence-electron chi connectivity index (χ4n) is 2.13. The maximum Gasteiger partial charge on any atom is 0.350 e. The van der Waals surface area contributed by atoms with E-state index in [0.29, 0.717) is 28.8 Å². The third kappa shape index (κ3) is 4.12. The predicted molar refractivity (Wildman–Crippen MR) is 97.8 cm³/mol. The van der Waals surface area contributed by atoms with Gasteiger partial charge in [0.15, 0.2) is 0 Å². The quantitative estimate of drug-likeness (QED) is 0.598. The molecule has 6 heteroatoms. The first kappa shape index (κ1) is 18.0. The first-order valence-corrected chi connectivity index (χ1v) is 8.68. The third-order valence-corrected chi connectivity index (χ3v) is 4.51. The Labute approximate surface area is 146 Å². The lowest BCUT2D eigenvalue weighted by Crippen LogP contribution is -2.07. The van der Waals surface area contributed by atoms with Crippen LogP contribution in [0.25, 0.3) is 15.4 Å². The van der Waals surface area contributed by atoms with Gasteiger partial charge in [0, 0.05) is 17.8 Å². The van der Waals surface area contributed by atoms with Crippen molar-refractivity contribution in [3.63, 3.8) is 0 Å². The normalized spacial score (nSPS) is 10.5. The van der Waals surface area contributed by atoms with Gasteiger partial charge in [-0.15, -0.1) is 11.3 Å². The number of aromatic nitrogens is 1. The molecule has 0 aliphatic heterocycles. The highest BCUT2D eigenvalue weighted by molar-refractivity contribution is 7.17. The minimum Gasteiger partial charge on any atom is -0.462 e. The van der Waals surface area contributed by atoms with Gasteiger partial charge in [0.2, 0.25) is 5.69 Å². The highest BCUT2D eigenvalue weighted by Gasteiger charge is 2.17. The van der Waals surface area contributed by atoms with Gasteiger partial charge in [-0.25, -0.2) is 14.6 Å². The molecule has 1 aromatic heterocycles. The molecule has 0 fully saturated rings. The lowest BCUT2D eigenvalue weighted by Gasteiger charge is -2.11. The number of hydrogen-bond donors (Lipinski definition) is 1. The van der Waals surface area contributed by atoms with Crippen LogP contribution in [-0.4, -0.2) is 24.1 Å². The Bertz CT molecular complexity index is 775. The fraction of sp³-hybridized carbons (Fsp3) is 0.389. The van der Waals surface area contributed by atoms with Gasteiger partial charge in [-0.2, -0.15) is 0 Å². The Morgan fingerprint density at radius 3 is 2.83 bits per heavy atom. The maximum atomic E-state index is 11.9. The van der Waals surface area contributed by atoms with E-state index in [0.717, 1.165) is 22.8 Å². The maximum absolute atomic E-state index is 11.9.